The Hall–Kier alpha value is -2.65. The van der Waals surface area contributed by atoms with E-state index < -0.39 is 26.4 Å². The van der Waals surface area contributed by atoms with Crippen molar-refractivity contribution in [2.75, 3.05) is 26.7 Å². The van der Waals surface area contributed by atoms with Crippen molar-refractivity contribution in [2.45, 2.75) is 54.4 Å². The number of likely N-dealkylation sites (tertiary alicyclic amines) is 2. The summed E-state index contributed by atoms with van der Waals surface area (Å²) in [4.78, 5) is 18.0. The first-order valence-electron chi connectivity index (χ1n) is 14.3. The molecule has 10 heteroatoms. The van der Waals surface area contributed by atoms with Crippen LogP contribution < -0.4 is 4.74 Å². The number of fused-ring (bicyclic) bond motifs is 3. The number of nitrogens with zero attached hydrogens (tertiary/aromatic N) is 2. The number of aryl methyl sites for hydroxylation is 1. The Morgan fingerprint density at radius 2 is 1.74 bits per heavy atom. The number of rotatable bonds is 6. The largest absolute Gasteiger partial charge is 0.489 e. The van der Waals surface area contributed by atoms with Crippen LogP contribution in [0.5, 0.6) is 5.75 Å². The third-order valence-corrected chi connectivity index (χ3v) is 12.4. The smallest absolute Gasteiger partial charge is 0.226 e. The Balaban J connectivity index is 1.37. The van der Waals surface area contributed by atoms with Gasteiger partial charge in [0.1, 0.15) is 22.9 Å². The maximum absolute atomic E-state index is 14.6. The van der Waals surface area contributed by atoms with Crippen LogP contribution in [0.15, 0.2) is 65.6 Å². The minimum atomic E-state index is -4.02. The average Bonchev–Trinajstić information content (AvgIpc) is 3.39. The van der Waals surface area contributed by atoms with E-state index in [0.29, 0.717) is 40.7 Å². The first kappa shape index (κ1) is 29.4. The number of amides is 1. The number of carbonyl (C=O) groups excluding carboxylic acids is 1. The van der Waals surface area contributed by atoms with Crippen molar-refractivity contribution < 1.29 is 22.3 Å². The van der Waals surface area contributed by atoms with Crippen molar-refractivity contribution in [3.63, 3.8) is 0 Å². The van der Waals surface area contributed by atoms with Crippen LogP contribution in [0.2, 0.25) is 10.0 Å². The lowest BCUT2D eigenvalue weighted by molar-refractivity contribution is -0.138. The van der Waals surface area contributed by atoms with E-state index >= 15 is 0 Å². The Bertz CT molecular complexity index is 1610. The van der Waals surface area contributed by atoms with Crippen LogP contribution in [-0.4, -0.2) is 56.8 Å². The molecule has 3 aromatic rings. The lowest BCUT2D eigenvalue weighted by Gasteiger charge is -2.43. The predicted molar refractivity (Wildman–Crippen MR) is 161 cm³/mol. The van der Waals surface area contributed by atoms with Gasteiger partial charge in [-0.25, -0.2) is 12.8 Å². The van der Waals surface area contributed by atoms with Gasteiger partial charge in [0, 0.05) is 28.1 Å². The van der Waals surface area contributed by atoms with Crippen molar-refractivity contribution in [1.82, 2.24) is 9.80 Å². The van der Waals surface area contributed by atoms with Crippen LogP contribution in [0.25, 0.3) is 0 Å². The van der Waals surface area contributed by atoms with Gasteiger partial charge in [0.2, 0.25) is 5.91 Å². The number of hydrogen-bond donors (Lipinski definition) is 0. The molecule has 0 spiro atoms. The quantitative estimate of drug-likeness (QED) is 0.300. The monoisotopic (exact) mass is 630 g/mol. The minimum absolute atomic E-state index is 0.0473. The second-order valence-corrected chi connectivity index (χ2v) is 14.7. The zero-order valence-electron chi connectivity index (χ0n) is 23.4. The van der Waals surface area contributed by atoms with E-state index in [-0.39, 0.29) is 29.7 Å². The third kappa shape index (κ3) is 5.10. The molecule has 6 rings (SSSR count). The van der Waals surface area contributed by atoms with Crippen molar-refractivity contribution >= 4 is 38.9 Å². The number of benzene rings is 3. The highest BCUT2D eigenvalue weighted by atomic mass is 35.5. The van der Waals surface area contributed by atoms with Gasteiger partial charge in [-0.15, -0.1) is 0 Å². The molecule has 222 valence electrons. The summed E-state index contributed by atoms with van der Waals surface area (Å²) in [6.07, 6.45) is 2.93. The van der Waals surface area contributed by atoms with Crippen LogP contribution in [0, 0.1) is 11.7 Å². The van der Waals surface area contributed by atoms with Gasteiger partial charge < -0.3 is 14.5 Å². The molecule has 3 aliphatic rings. The number of hydrogen-bond acceptors (Lipinski definition) is 5. The highest BCUT2D eigenvalue weighted by Crippen LogP contribution is 2.53. The van der Waals surface area contributed by atoms with Crippen LogP contribution >= 0.6 is 23.2 Å². The molecule has 0 aromatic heterocycles. The Morgan fingerprint density at radius 3 is 2.48 bits per heavy atom. The first-order chi connectivity index (χ1) is 20.1. The zero-order chi connectivity index (χ0) is 29.6. The van der Waals surface area contributed by atoms with Gasteiger partial charge >= 0.3 is 0 Å². The first-order valence-corrected chi connectivity index (χ1v) is 16.5. The van der Waals surface area contributed by atoms with Gasteiger partial charge in [0.05, 0.1) is 10.9 Å². The normalized spacial score (nSPS) is 23.0. The molecule has 0 N–H and O–H groups in total. The third-order valence-electron chi connectivity index (χ3n) is 9.21. The molecule has 2 saturated heterocycles. The number of halogens is 3. The van der Waals surface area contributed by atoms with E-state index in [1.807, 2.05) is 17.0 Å². The van der Waals surface area contributed by atoms with Gasteiger partial charge in [-0.1, -0.05) is 29.3 Å². The lowest BCUT2D eigenvalue weighted by Crippen LogP contribution is -2.53. The minimum Gasteiger partial charge on any atom is -0.489 e. The van der Waals surface area contributed by atoms with Gasteiger partial charge in [0.15, 0.2) is 9.84 Å². The number of ether oxygens (including phenoxy) is 1. The molecule has 6 nitrogen and oxygen atoms in total. The molecule has 2 heterocycles. The molecule has 0 bridgehead atoms. The van der Waals surface area contributed by atoms with E-state index in [1.165, 1.54) is 24.3 Å². The second-order valence-electron chi connectivity index (χ2n) is 11.6. The molecule has 1 amide bonds. The summed E-state index contributed by atoms with van der Waals surface area (Å²) in [7, 11) is -1.96. The Kier molecular flexibility index (Phi) is 8.02. The molecule has 2 atom stereocenters. The molecule has 2 aliphatic heterocycles. The van der Waals surface area contributed by atoms with Gasteiger partial charge in [-0.2, -0.15) is 0 Å². The topological polar surface area (TPSA) is 66.9 Å². The van der Waals surface area contributed by atoms with Gasteiger partial charge in [-0.3, -0.25) is 4.79 Å². The van der Waals surface area contributed by atoms with Crippen molar-refractivity contribution in [3.05, 3.63) is 93.2 Å². The molecule has 3 aromatic carbocycles. The molecule has 1 aliphatic carbocycles. The molecule has 0 unspecified atom stereocenters. The molecule has 42 heavy (non-hydrogen) atoms. The molecule has 0 saturated carbocycles. The van der Waals surface area contributed by atoms with E-state index in [0.717, 1.165) is 37.1 Å². The van der Waals surface area contributed by atoms with Crippen molar-refractivity contribution in [2.24, 2.45) is 5.92 Å². The molecular formula is C32H33Cl2FN2O4S. The van der Waals surface area contributed by atoms with Gasteiger partial charge in [-0.05, 0) is 118 Å². The van der Waals surface area contributed by atoms with Gasteiger partial charge in [0.25, 0.3) is 0 Å². The SMILES string of the molecule is CN1CCC(C(=O)N2CC[C@@]3(S(=O)(=O)c4ccc(F)cc4)c4ccc(OCc5cc(Cl)ccc5Cl)cc4CC[C@@H]23)CC1. The fraction of sp³-hybridized carbons (Fsp3) is 0.406. The summed E-state index contributed by atoms with van der Waals surface area (Å²) in [5.41, 5.74) is 2.31. The number of piperidine rings is 1. The second kappa shape index (κ2) is 11.5. The number of sulfone groups is 1. The van der Waals surface area contributed by atoms with Crippen LogP contribution in [-0.2, 0) is 32.4 Å². The average molecular weight is 632 g/mol. The fourth-order valence-electron chi connectivity index (χ4n) is 6.99. The Labute approximate surface area is 256 Å². The molecule has 0 radical (unpaired) electrons. The number of carbonyl (C=O) groups is 1. The Morgan fingerprint density at radius 1 is 1.00 bits per heavy atom. The standard InChI is InChI=1S/C32H33Cl2FN2O4S/c1-36-15-12-21(13-16-36)31(38)37-17-14-32(42(39,40)27-7-4-25(35)5-8-27)28-9-6-26(19-22(28)2-11-30(32)37)41-20-23-18-24(33)3-10-29(23)34/h3-10,18-19,21,30H,2,11-17,20H2,1H3/t30-,32-/m1/s1. The van der Waals surface area contributed by atoms with Crippen molar-refractivity contribution in [3.8, 4) is 5.75 Å². The van der Waals surface area contributed by atoms with E-state index in [1.54, 1.807) is 24.3 Å². The summed E-state index contributed by atoms with van der Waals surface area (Å²) in [5.74, 6) is 0.0288. The van der Waals surface area contributed by atoms with Crippen LogP contribution in [0.4, 0.5) is 4.39 Å². The molecule has 2 fully saturated rings. The summed E-state index contributed by atoms with van der Waals surface area (Å²) in [5, 5.41) is 1.10. The fourth-order valence-corrected chi connectivity index (χ4v) is 9.72. The van der Waals surface area contributed by atoms with Crippen LogP contribution in [0.3, 0.4) is 0 Å². The summed E-state index contributed by atoms with van der Waals surface area (Å²) < 4.78 is 47.7. The summed E-state index contributed by atoms with van der Waals surface area (Å²) in [6, 6.07) is 15.2. The highest BCUT2D eigenvalue weighted by molar-refractivity contribution is 7.92. The lowest BCUT2D eigenvalue weighted by atomic mass is 9.78. The van der Waals surface area contributed by atoms with Crippen molar-refractivity contribution in [1.29, 1.82) is 0 Å². The van der Waals surface area contributed by atoms with E-state index in [9.17, 15) is 17.6 Å². The van der Waals surface area contributed by atoms with Crippen LogP contribution in [0.1, 0.15) is 42.4 Å². The predicted octanol–water partition coefficient (Wildman–Crippen LogP) is 6.27. The van der Waals surface area contributed by atoms with E-state index in [4.69, 9.17) is 27.9 Å². The maximum atomic E-state index is 14.6. The maximum Gasteiger partial charge on any atom is 0.226 e. The summed E-state index contributed by atoms with van der Waals surface area (Å²) in [6.45, 7) is 2.26. The highest BCUT2D eigenvalue weighted by Gasteiger charge is 2.61. The zero-order valence-corrected chi connectivity index (χ0v) is 25.7. The molecular weight excluding hydrogens is 598 g/mol. The van der Waals surface area contributed by atoms with E-state index in [2.05, 4.69) is 11.9 Å². The summed E-state index contributed by atoms with van der Waals surface area (Å²) >= 11 is 12.4.